The van der Waals surface area contributed by atoms with Gasteiger partial charge in [0.1, 0.15) is 17.5 Å². The van der Waals surface area contributed by atoms with Crippen molar-refractivity contribution >= 4 is 29.7 Å². The van der Waals surface area contributed by atoms with Crippen LogP contribution in [0.25, 0.3) is 0 Å². The molecule has 0 aromatic rings. The lowest BCUT2D eigenvalue weighted by Crippen LogP contribution is -2.71. The number of amides is 3. The van der Waals surface area contributed by atoms with Crippen LogP contribution in [0.1, 0.15) is 46.0 Å². The summed E-state index contributed by atoms with van der Waals surface area (Å²) < 4.78 is -0.567. The van der Waals surface area contributed by atoms with Crippen LogP contribution in [0.5, 0.6) is 0 Å². The van der Waals surface area contributed by atoms with Crippen molar-refractivity contribution in [1.29, 1.82) is 0 Å². The smallest absolute Gasteiger partial charge is 0.327 e. The summed E-state index contributed by atoms with van der Waals surface area (Å²) in [6.07, 6.45) is 5.40. The molecule has 3 atom stereocenters. The molecular formula is C15H23N3O4S. The maximum atomic E-state index is 12.3. The number of carbonyl (C=O) groups is 3. The van der Waals surface area contributed by atoms with E-state index in [0.717, 1.165) is 25.7 Å². The molecule has 3 aliphatic rings. The average molecular weight is 341 g/mol. The van der Waals surface area contributed by atoms with Gasteiger partial charge < -0.3 is 20.6 Å². The van der Waals surface area contributed by atoms with Gasteiger partial charge in [-0.2, -0.15) is 0 Å². The fourth-order valence-electron chi connectivity index (χ4n) is 3.76. The van der Waals surface area contributed by atoms with Gasteiger partial charge in [-0.15, -0.1) is 11.8 Å². The van der Waals surface area contributed by atoms with Gasteiger partial charge in [0.2, 0.25) is 5.91 Å². The molecule has 3 rings (SSSR count). The molecule has 8 heteroatoms. The molecule has 128 valence electrons. The molecule has 0 spiro atoms. The van der Waals surface area contributed by atoms with E-state index in [9.17, 15) is 19.5 Å². The Morgan fingerprint density at radius 1 is 1.22 bits per heavy atom. The summed E-state index contributed by atoms with van der Waals surface area (Å²) in [7, 11) is 0. The SMILES string of the molecule is CC1(C)S[C@H]2[C@H](NC(=O)NC3CCCCC3)C(=O)N2[C@@H]1C(=O)O. The number of hydrogen-bond donors (Lipinski definition) is 3. The minimum Gasteiger partial charge on any atom is -0.480 e. The number of β-lactam (4-membered cyclic amide) rings is 1. The summed E-state index contributed by atoms with van der Waals surface area (Å²) in [6, 6.07) is -1.63. The fraction of sp³-hybridized carbons (Fsp3) is 0.800. The molecule has 7 nitrogen and oxygen atoms in total. The van der Waals surface area contributed by atoms with Crippen LogP contribution < -0.4 is 10.6 Å². The number of thioether (sulfide) groups is 1. The molecular weight excluding hydrogens is 318 g/mol. The van der Waals surface area contributed by atoms with Crippen molar-refractivity contribution in [1.82, 2.24) is 15.5 Å². The summed E-state index contributed by atoms with van der Waals surface area (Å²) >= 11 is 1.44. The van der Waals surface area contributed by atoms with Crippen molar-refractivity contribution in [3.05, 3.63) is 0 Å². The van der Waals surface area contributed by atoms with E-state index < -0.39 is 22.8 Å². The molecule has 0 aromatic carbocycles. The van der Waals surface area contributed by atoms with Crippen molar-refractivity contribution in [2.45, 2.75) is 74.2 Å². The number of carbonyl (C=O) groups excluding carboxylic acids is 2. The van der Waals surface area contributed by atoms with Crippen molar-refractivity contribution in [2.75, 3.05) is 0 Å². The predicted octanol–water partition coefficient (Wildman–Crippen LogP) is 1.13. The molecule has 3 amide bonds. The Balaban J connectivity index is 1.59. The molecule has 0 aromatic heterocycles. The molecule has 0 unspecified atom stereocenters. The van der Waals surface area contributed by atoms with Crippen LogP contribution in [0.2, 0.25) is 0 Å². The van der Waals surface area contributed by atoms with E-state index in [4.69, 9.17) is 0 Å². The first kappa shape index (κ1) is 16.4. The number of aliphatic carboxylic acids is 1. The Morgan fingerprint density at radius 2 is 1.87 bits per heavy atom. The Bertz CT molecular complexity index is 533. The summed E-state index contributed by atoms with van der Waals surface area (Å²) in [6.45, 7) is 3.64. The van der Waals surface area contributed by atoms with Crippen molar-refractivity contribution < 1.29 is 19.5 Å². The van der Waals surface area contributed by atoms with Gasteiger partial charge >= 0.3 is 12.0 Å². The molecule has 0 radical (unpaired) electrons. The topological polar surface area (TPSA) is 98.7 Å². The number of carboxylic acids is 1. The molecule has 2 aliphatic heterocycles. The van der Waals surface area contributed by atoms with Gasteiger partial charge in [0.05, 0.1) is 0 Å². The third kappa shape index (κ3) is 2.88. The van der Waals surface area contributed by atoms with Crippen LogP contribution in [-0.4, -0.2) is 56.2 Å². The maximum Gasteiger partial charge on any atom is 0.327 e. The van der Waals surface area contributed by atoms with E-state index in [-0.39, 0.29) is 23.4 Å². The van der Waals surface area contributed by atoms with Gasteiger partial charge in [-0.25, -0.2) is 9.59 Å². The Kier molecular flexibility index (Phi) is 4.20. The summed E-state index contributed by atoms with van der Waals surface area (Å²) in [4.78, 5) is 37.2. The maximum absolute atomic E-state index is 12.3. The zero-order chi connectivity index (χ0) is 16.8. The number of nitrogens with zero attached hydrogens (tertiary/aromatic N) is 1. The van der Waals surface area contributed by atoms with Gasteiger partial charge in [0.25, 0.3) is 0 Å². The van der Waals surface area contributed by atoms with Gasteiger partial charge in [-0.3, -0.25) is 4.79 Å². The summed E-state index contributed by atoms with van der Waals surface area (Å²) in [5.74, 6) is -1.30. The van der Waals surface area contributed by atoms with E-state index in [1.165, 1.54) is 23.1 Å². The third-order valence-corrected chi connectivity index (χ3v) is 6.47. The number of carboxylic acid groups (broad SMARTS) is 1. The van der Waals surface area contributed by atoms with Crippen molar-refractivity contribution in [3.63, 3.8) is 0 Å². The van der Waals surface area contributed by atoms with Crippen LogP contribution in [0.4, 0.5) is 4.79 Å². The predicted molar refractivity (Wildman–Crippen MR) is 86.1 cm³/mol. The second-order valence-corrected chi connectivity index (χ2v) is 8.80. The molecule has 2 saturated heterocycles. The van der Waals surface area contributed by atoms with Gasteiger partial charge in [0.15, 0.2) is 0 Å². The first-order valence-corrected chi connectivity index (χ1v) is 8.99. The molecule has 3 N–H and O–H groups in total. The third-order valence-electron chi connectivity index (χ3n) is 4.90. The van der Waals surface area contributed by atoms with Crippen molar-refractivity contribution in [2.24, 2.45) is 0 Å². The first-order valence-electron chi connectivity index (χ1n) is 8.11. The zero-order valence-electron chi connectivity index (χ0n) is 13.4. The lowest BCUT2D eigenvalue weighted by Gasteiger charge is -2.43. The highest BCUT2D eigenvalue weighted by Gasteiger charge is 2.64. The molecule has 3 fully saturated rings. The second kappa shape index (κ2) is 5.89. The second-order valence-electron chi connectivity index (χ2n) is 7.03. The minimum absolute atomic E-state index is 0.175. The highest BCUT2D eigenvalue weighted by Crippen LogP contribution is 2.50. The monoisotopic (exact) mass is 341 g/mol. The quantitative estimate of drug-likeness (QED) is 0.669. The van der Waals surface area contributed by atoms with E-state index in [2.05, 4.69) is 10.6 Å². The fourth-order valence-corrected chi connectivity index (χ4v) is 5.39. The molecule has 23 heavy (non-hydrogen) atoms. The Hall–Kier alpha value is -1.44. The Morgan fingerprint density at radius 3 is 2.48 bits per heavy atom. The van der Waals surface area contributed by atoms with Crippen LogP contribution in [0, 0.1) is 0 Å². The molecule has 2 heterocycles. The zero-order valence-corrected chi connectivity index (χ0v) is 14.2. The number of hydrogen-bond acceptors (Lipinski definition) is 4. The standard InChI is InChI=1S/C15H23N3O4S/c1-15(2)10(13(20)21)18-11(19)9(12(18)23-15)17-14(22)16-8-6-4-3-5-7-8/h8-10,12H,3-7H2,1-2H3,(H,20,21)(H2,16,17,22)/t9-,10-,12+/m1/s1. The highest BCUT2D eigenvalue weighted by molar-refractivity contribution is 8.01. The van der Waals surface area contributed by atoms with Crippen molar-refractivity contribution in [3.8, 4) is 0 Å². The molecule has 0 bridgehead atoms. The number of nitrogens with one attached hydrogen (secondary N) is 2. The van der Waals surface area contributed by atoms with E-state index in [0.29, 0.717) is 0 Å². The summed E-state index contributed by atoms with van der Waals surface area (Å²) in [5.41, 5.74) is 0. The summed E-state index contributed by atoms with van der Waals surface area (Å²) in [5, 5.41) is 14.7. The van der Waals surface area contributed by atoms with Crippen LogP contribution in [0.3, 0.4) is 0 Å². The lowest BCUT2D eigenvalue weighted by atomic mass is 9.95. The molecule has 1 aliphatic carbocycles. The van der Waals surface area contributed by atoms with Crippen LogP contribution >= 0.6 is 11.8 Å². The normalized spacial score (nSPS) is 32.9. The first-order chi connectivity index (χ1) is 10.8. The average Bonchev–Trinajstić information content (AvgIpc) is 2.74. The van der Waals surface area contributed by atoms with Gasteiger partial charge in [0, 0.05) is 10.8 Å². The van der Waals surface area contributed by atoms with E-state index in [1.54, 1.807) is 0 Å². The highest BCUT2D eigenvalue weighted by atomic mass is 32.2. The van der Waals surface area contributed by atoms with E-state index in [1.807, 2.05) is 13.8 Å². The Labute approximate surface area is 139 Å². The van der Waals surface area contributed by atoms with Crippen LogP contribution in [0.15, 0.2) is 0 Å². The minimum atomic E-state index is -0.997. The molecule has 1 saturated carbocycles. The van der Waals surface area contributed by atoms with Crippen LogP contribution in [-0.2, 0) is 9.59 Å². The lowest BCUT2D eigenvalue weighted by molar-refractivity contribution is -0.159. The van der Waals surface area contributed by atoms with E-state index >= 15 is 0 Å². The van der Waals surface area contributed by atoms with Gasteiger partial charge in [-0.1, -0.05) is 19.3 Å². The number of fused-ring (bicyclic) bond motifs is 1. The number of rotatable bonds is 3. The number of urea groups is 1. The van der Waals surface area contributed by atoms with Gasteiger partial charge in [-0.05, 0) is 26.7 Å². The largest absolute Gasteiger partial charge is 0.480 e.